The minimum absolute atomic E-state index is 0.00964. The van der Waals surface area contributed by atoms with Crippen molar-refractivity contribution in [2.75, 3.05) is 0 Å². The molecular formula is C20H18N4OS. The van der Waals surface area contributed by atoms with Crippen LogP contribution < -0.4 is 5.56 Å². The lowest BCUT2D eigenvalue weighted by Gasteiger charge is -2.10. The van der Waals surface area contributed by atoms with E-state index in [9.17, 15) is 4.79 Å². The molecule has 130 valence electrons. The summed E-state index contributed by atoms with van der Waals surface area (Å²) in [6.07, 6.45) is 1.95. The highest BCUT2D eigenvalue weighted by Gasteiger charge is 2.11. The van der Waals surface area contributed by atoms with Gasteiger partial charge in [-0.25, -0.2) is 9.67 Å². The second kappa shape index (κ2) is 7.17. The van der Waals surface area contributed by atoms with E-state index in [-0.39, 0.29) is 5.56 Å². The lowest BCUT2D eigenvalue weighted by atomic mass is 10.2. The summed E-state index contributed by atoms with van der Waals surface area (Å²) in [5.74, 6) is 0.657. The van der Waals surface area contributed by atoms with Gasteiger partial charge in [0, 0.05) is 18.5 Å². The minimum atomic E-state index is 0.00964. The molecule has 26 heavy (non-hydrogen) atoms. The number of benzene rings is 2. The zero-order chi connectivity index (χ0) is 17.9. The number of para-hydroxylation sites is 2. The zero-order valence-corrected chi connectivity index (χ0v) is 15.2. The number of rotatable bonds is 5. The van der Waals surface area contributed by atoms with Gasteiger partial charge in [0.1, 0.15) is 0 Å². The lowest BCUT2D eigenvalue weighted by molar-refractivity contribution is 0.634. The molecular weight excluding hydrogens is 344 g/mol. The van der Waals surface area contributed by atoms with Gasteiger partial charge in [0.05, 0.1) is 22.3 Å². The SMILES string of the molecule is CCn1c(SCc2ccn(-c3ccccc3)n2)nc2ccccc2c1=O. The molecule has 0 fully saturated rings. The van der Waals surface area contributed by atoms with Crippen LogP contribution >= 0.6 is 11.8 Å². The number of fused-ring (bicyclic) bond motifs is 1. The molecule has 5 nitrogen and oxygen atoms in total. The Morgan fingerprint density at radius 2 is 1.77 bits per heavy atom. The van der Waals surface area contributed by atoms with E-state index in [0.717, 1.165) is 22.1 Å². The quantitative estimate of drug-likeness (QED) is 0.399. The number of hydrogen-bond acceptors (Lipinski definition) is 4. The van der Waals surface area contributed by atoms with Crippen molar-refractivity contribution in [1.29, 1.82) is 0 Å². The van der Waals surface area contributed by atoms with Crippen molar-refractivity contribution in [3.63, 3.8) is 0 Å². The van der Waals surface area contributed by atoms with Crippen molar-refractivity contribution in [3.8, 4) is 5.69 Å². The van der Waals surface area contributed by atoms with Crippen LogP contribution in [0, 0.1) is 0 Å². The minimum Gasteiger partial charge on any atom is -0.287 e. The van der Waals surface area contributed by atoms with Gasteiger partial charge in [0.15, 0.2) is 5.16 Å². The van der Waals surface area contributed by atoms with Gasteiger partial charge in [-0.05, 0) is 37.3 Å². The molecule has 0 aliphatic carbocycles. The van der Waals surface area contributed by atoms with Crippen LogP contribution in [-0.4, -0.2) is 19.3 Å². The van der Waals surface area contributed by atoms with Crippen LogP contribution in [-0.2, 0) is 12.3 Å². The van der Waals surface area contributed by atoms with Gasteiger partial charge in [-0.3, -0.25) is 9.36 Å². The van der Waals surface area contributed by atoms with Gasteiger partial charge >= 0.3 is 0 Å². The van der Waals surface area contributed by atoms with Crippen LogP contribution in [0.25, 0.3) is 16.6 Å². The van der Waals surface area contributed by atoms with Gasteiger partial charge in [-0.1, -0.05) is 42.1 Å². The third kappa shape index (κ3) is 3.15. The first kappa shape index (κ1) is 16.6. The Morgan fingerprint density at radius 1 is 1.00 bits per heavy atom. The number of nitrogens with zero attached hydrogens (tertiary/aromatic N) is 4. The maximum atomic E-state index is 12.7. The van der Waals surface area contributed by atoms with Crippen molar-refractivity contribution in [2.45, 2.75) is 24.4 Å². The van der Waals surface area contributed by atoms with Crippen LogP contribution in [0.1, 0.15) is 12.6 Å². The summed E-state index contributed by atoms with van der Waals surface area (Å²) in [7, 11) is 0. The van der Waals surface area contributed by atoms with E-state index in [4.69, 9.17) is 0 Å². The van der Waals surface area contributed by atoms with Crippen molar-refractivity contribution in [1.82, 2.24) is 19.3 Å². The second-order valence-corrected chi connectivity index (χ2v) is 6.78. The Hall–Kier alpha value is -2.86. The molecule has 2 aromatic heterocycles. The van der Waals surface area contributed by atoms with Crippen LogP contribution in [0.4, 0.5) is 0 Å². The molecule has 2 aromatic carbocycles. The maximum Gasteiger partial charge on any atom is 0.262 e. The van der Waals surface area contributed by atoms with Crippen LogP contribution in [0.3, 0.4) is 0 Å². The summed E-state index contributed by atoms with van der Waals surface area (Å²) in [5, 5.41) is 6.00. The average Bonchev–Trinajstić information content (AvgIpc) is 3.16. The predicted octanol–water partition coefficient (Wildman–Crippen LogP) is 3.89. The molecule has 4 rings (SSSR count). The second-order valence-electron chi connectivity index (χ2n) is 5.84. The van der Waals surface area contributed by atoms with Crippen LogP contribution in [0.5, 0.6) is 0 Å². The van der Waals surface area contributed by atoms with Gasteiger partial charge in [-0.15, -0.1) is 0 Å². The van der Waals surface area contributed by atoms with E-state index in [2.05, 4.69) is 10.1 Å². The fraction of sp³-hybridized carbons (Fsp3) is 0.150. The molecule has 0 spiro atoms. The summed E-state index contributed by atoms with van der Waals surface area (Å²) in [4.78, 5) is 17.3. The van der Waals surface area contributed by atoms with E-state index < -0.39 is 0 Å². The predicted molar refractivity (Wildman–Crippen MR) is 105 cm³/mol. The topological polar surface area (TPSA) is 52.7 Å². The summed E-state index contributed by atoms with van der Waals surface area (Å²) in [5.41, 5.74) is 2.72. The maximum absolute atomic E-state index is 12.7. The average molecular weight is 362 g/mol. The highest BCUT2D eigenvalue weighted by atomic mass is 32.2. The Labute approximate surface area is 155 Å². The third-order valence-electron chi connectivity index (χ3n) is 4.16. The highest BCUT2D eigenvalue weighted by molar-refractivity contribution is 7.98. The fourth-order valence-corrected chi connectivity index (χ4v) is 3.80. The number of thioether (sulfide) groups is 1. The standard InChI is InChI=1S/C20H18N4OS/c1-2-23-19(25)17-10-6-7-11-18(17)21-20(23)26-14-15-12-13-24(22-15)16-8-4-3-5-9-16/h3-13H,2,14H2,1H3. The molecule has 0 bridgehead atoms. The smallest absolute Gasteiger partial charge is 0.262 e. The summed E-state index contributed by atoms with van der Waals surface area (Å²) < 4.78 is 3.58. The summed E-state index contributed by atoms with van der Waals surface area (Å²) in [6.45, 7) is 2.56. The zero-order valence-electron chi connectivity index (χ0n) is 14.4. The van der Waals surface area contributed by atoms with Crippen molar-refractivity contribution in [3.05, 3.63) is 82.9 Å². The normalized spacial score (nSPS) is 11.1. The Balaban J connectivity index is 1.60. The first-order valence-electron chi connectivity index (χ1n) is 8.48. The molecule has 4 aromatic rings. The molecule has 2 heterocycles. The van der Waals surface area contributed by atoms with E-state index in [1.165, 1.54) is 11.8 Å². The van der Waals surface area contributed by atoms with Crippen LogP contribution in [0.15, 0.2) is 76.8 Å². The lowest BCUT2D eigenvalue weighted by Crippen LogP contribution is -2.22. The highest BCUT2D eigenvalue weighted by Crippen LogP contribution is 2.22. The van der Waals surface area contributed by atoms with Crippen molar-refractivity contribution in [2.24, 2.45) is 0 Å². The Bertz CT molecular complexity index is 1100. The Kier molecular flexibility index (Phi) is 4.58. The van der Waals surface area contributed by atoms with Gasteiger partial charge in [-0.2, -0.15) is 5.10 Å². The number of aromatic nitrogens is 4. The van der Waals surface area contributed by atoms with Crippen LogP contribution in [0.2, 0.25) is 0 Å². The largest absolute Gasteiger partial charge is 0.287 e. The molecule has 6 heteroatoms. The van der Waals surface area contributed by atoms with E-state index >= 15 is 0 Å². The fourth-order valence-electron chi connectivity index (χ4n) is 2.84. The first-order valence-corrected chi connectivity index (χ1v) is 9.47. The molecule has 0 atom stereocenters. The molecule has 0 saturated heterocycles. The monoisotopic (exact) mass is 362 g/mol. The van der Waals surface area contributed by atoms with Gasteiger partial charge in [0.2, 0.25) is 0 Å². The molecule has 0 saturated carbocycles. The summed E-state index contributed by atoms with van der Waals surface area (Å²) in [6, 6.07) is 19.5. The third-order valence-corrected chi connectivity index (χ3v) is 5.17. The molecule has 0 amide bonds. The summed E-state index contributed by atoms with van der Waals surface area (Å²) >= 11 is 1.54. The molecule has 0 N–H and O–H groups in total. The molecule has 0 aliphatic rings. The first-order chi connectivity index (χ1) is 12.8. The Morgan fingerprint density at radius 3 is 2.58 bits per heavy atom. The van der Waals surface area contributed by atoms with Crippen molar-refractivity contribution >= 4 is 22.7 Å². The molecule has 0 aliphatic heterocycles. The van der Waals surface area contributed by atoms with Gasteiger partial charge in [0.25, 0.3) is 5.56 Å². The van der Waals surface area contributed by atoms with E-state index in [0.29, 0.717) is 17.7 Å². The van der Waals surface area contributed by atoms with E-state index in [1.807, 2.05) is 78.5 Å². The van der Waals surface area contributed by atoms with Crippen molar-refractivity contribution < 1.29 is 0 Å². The molecule has 0 unspecified atom stereocenters. The molecule has 0 radical (unpaired) electrons. The number of hydrogen-bond donors (Lipinski definition) is 0. The van der Waals surface area contributed by atoms with E-state index in [1.54, 1.807) is 4.57 Å². The van der Waals surface area contributed by atoms with Gasteiger partial charge < -0.3 is 0 Å².